The first-order chi connectivity index (χ1) is 13.4. The molecule has 0 N–H and O–H groups in total. The van der Waals surface area contributed by atoms with Gasteiger partial charge in [-0.15, -0.1) is 0 Å². The van der Waals surface area contributed by atoms with E-state index in [1.165, 1.54) is 40.4 Å². The molecule has 7 nitrogen and oxygen atoms in total. The number of hydrogen-bond acceptors (Lipinski definition) is 7. The van der Waals surface area contributed by atoms with E-state index in [0.717, 1.165) is 0 Å². The van der Waals surface area contributed by atoms with Crippen LogP contribution in [-0.2, 0) is 11.3 Å². The number of hydrogen-bond donors (Lipinski definition) is 0. The molecule has 0 aliphatic rings. The highest BCUT2D eigenvalue weighted by atomic mass is 16.5. The van der Waals surface area contributed by atoms with Gasteiger partial charge in [-0.3, -0.25) is 4.79 Å². The van der Waals surface area contributed by atoms with Crippen molar-refractivity contribution < 1.29 is 33.3 Å². The Morgan fingerprint density at radius 2 is 1.50 bits per heavy atom. The van der Waals surface area contributed by atoms with Gasteiger partial charge in [-0.25, -0.2) is 4.79 Å². The van der Waals surface area contributed by atoms with Gasteiger partial charge >= 0.3 is 5.97 Å². The maximum absolute atomic E-state index is 12.6. The van der Waals surface area contributed by atoms with Gasteiger partial charge in [0.05, 0.1) is 33.5 Å². The minimum absolute atomic E-state index is 0.0497. The molecule has 0 saturated carbocycles. The van der Waals surface area contributed by atoms with Gasteiger partial charge in [0.15, 0.2) is 17.3 Å². The lowest BCUT2D eigenvalue weighted by Gasteiger charge is -2.15. The molecule has 0 saturated heterocycles. The molecule has 150 valence electrons. The van der Waals surface area contributed by atoms with Crippen LogP contribution in [0.1, 0.15) is 40.1 Å². The Morgan fingerprint density at radius 1 is 0.857 bits per heavy atom. The van der Waals surface area contributed by atoms with Crippen molar-refractivity contribution in [1.82, 2.24) is 0 Å². The highest BCUT2D eigenvalue weighted by Gasteiger charge is 2.18. The number of ketones is 1. The number of benzene rings is 2. The monoisotopic (exact) mass is 388 g/mol. The second-order valence-electron chi connectivity index (χ2n) is 5.80. The molecule has 2 aromatic rings. The number of methoxy groups -OCH3 is 3. The third-order valence-electron chi connectivity index (χ3n) is 4.03. The first-order valence-corrected chi connectivity index (χ1v) is 8.68. The van der Waals surface area contributed by atoms with Crippen molar-refractivity contribution in [2.45, 2.75) is 20.5 Å². The van der Waals surface area contributed by atoms with Crippen LogP contribution in [0.2, 0.25) is 0 Å². The van der Waals surface area contributed by atoms with Crippen LogP contribution < -0.4 is 18.9 Å². The van der Waals surface area contributed by atoms with Gasteiger partial charge < -0.3 is 23.7 Å². The zero-order valence-electron chi connectivity index (χ0n) is 16.7. The third-order valence-corrected chi connectivity index (χ3v) is 4.03. The summed E-state index contributed by atoms with van der Waals surface area (Å²) >= 11 is 0. The largest absolute Gasteiger partial charge is 0.493 e. The molecule has 7 heteroatoms. The van der Waals surface area contributed by atoms with Gasteiger partial charge in [-0.1, -0.05) is 0 Å². The van der Waals surface area contributed by atoms with E-state index in [4.69, 9.17) is 23.7 Å². The smallest absolute Gasteiger partial charge is 0.338 e. The number of esters is 1. The zero-order valence-corrected chi connectivity index (χ0v) is 16.7. The molecule has 0 spiro atoms. The number of carbonyl (C=O) groups excluding carboxylic acids is 2. The molecule has 0 amide bonds. The van der Waals surface area contributed by atoms with Crippen LogP contribution in [0.25, 0.3) is 0 Å². The van der Waals surface area contributed by atoms with Gasteiger partial charge in [0.25, 0.3) is 0 Å². The van der Waals surface area contributed by atoms with E-state index in [1.807, 2.05) is 6.92 Å². The Bertz CT molecular complexity index is 833. The molecular formula is C21H24O7. The van der Waals surface area contributed by atoms with Crippen LogP contribution in [0.5, 0.6) is 23.0 Å². The second-order valence-corrected chi connectivity index (χ2v) is 5.80. The molecular weight excluding hydrogens is 364 g/mol. The summed E-state index contributed by atoms with van der Waals surface area (Å²) in [4.78, 5) is 24.2. The molecule has 2 rings (SSSR count). The summed E-state index contributed by atoms with van der Waals surface area (Å²) in [5.41, 5.74) is 1.37. The molecule has 0 radical (unpaired) electrons. The first kappa shape index (κ1) is 21.1. The van der Waals surface area contributed by atoms with Crippen molar-refractivity contribution in [3.63, 3.8) is 0 Å². The minimum Gasteiger partial charge on any atom is -0.493 e. The van der Waals surface area contributed by atoms with E-state index >= 15 is 0 Å². The fourth-order valence-corrected chi connectivity index (χ4v) is 2.63. The molecule has 2 aromatic carbocycles. The van der Waals surface area contributed by atoms with Gasteiger partial charge in [0.1, 0.15) is 12.4 Å². The average Bonchev–Trinajstić information content (AvgIpc) is 2.71. The van der Waals surface area contributed by atoms with Crippen LogP contribution in [-0.4, -0.2) is 39.7 Å². The molecule has 28 heavy (non-hydrogen) atoms. The fraction of sp³-hybridized carbons (Fsp3) is 0.333. The second kappa shape index (κ2) is 9.64. The van der Waals surface area contributed by atoms with E-state index < -0.39 is 5.97 Å². The lowest BCUT2D eigenvalue weighted by atomic mass is 10.1. The minimum atomic E-state index is -0.574. The molecule has 0 fully saturated rings. The quantitative estimate of drug-likeness (QED) is 0.479. The number of rotatable bonds is 9. The summed E-state index contributed by atoms with van der Waals surface area (Å²) in [5, 5.41) is 0. The van der Waals surface area contributed by atoms with Gasteiger partial charge in [-0.05, 0) is 44.2 Å². The molecule has 0 aliphatic heterocycles. The van der Waals surface area contributed by atoms with E-state index in [0.29, 0.717) is 40.7 Å². The Morgan fingerprint density at radius 3 is 2.00 bits per heavy atom. The lowest BCUT2D eigenvalue weighted by molar-refractivity contribution is 0.0468. The summed E-state index contributed by atoms with van der Waals surface area (Å²) in [6.45, 7) is 3.73. The van der Waals surface area contributed by atoms with Gasteiger partial charge in [-0.2, -0.15) is 0 Å². The van der Waals surface area contributed by atoms with E-state index in [9.17, 15) is 9.59 Å². The zero-order chi connectivity index (χ0) is 20.7. The maximum atomic E-state index is 12.6. The molecule has 0 bridgehead atoms. The van der Waals surface area contributed by atoms with Crippen LogP contribution in [0, 0.1) is 0 Å². The van der Waals surface area contributed by atoms with E-state index in [-0.39, 0.29) is 18.0 Å². The van der Waals surface area contributed by atoms with Crippen molar-refractivity contribution in [2.24, 2.45) is 0 Å². The molecule has 0 atom stereocenters. The molecule has 0 heterocycles. The average molecular weight is 388 g/mol. The summed E-state index contributed by atoms with van der Waals surface area (Å²) in [6, 6.07) is 8.06. The highest BCUT2D eigenvalue weighted by Crippen LogP contribution is 2.38. The summed E-state index contributed by atoms with van der Waals surface area (Å²) in [5.74, 6) is 0.986. The van der Waals surface area contributed by atoms with Crippen molar-refractivity contribution in [3.05, 3.63) is 47.0 Å². The van der Waals surface area contributed by atoms with E-state index in [1.54, 1.807) is 18.2 Å². The summed E-state index contributed by atoms with van der Waals surface area (Å²) < 4.78 is 26.7. The third kappa shape index (κ3) is 4.73. The number of Topliss-reactive ketones (excluding diaryl/α,β-unsaturated/α-hetero) is 1. The summed E-state index contributed by atoms with van der Waals surface area (Å²) in [7, 11) is 4.41. The molecule has 0 aromatic heterocycles. The standard InChI is InChI=1S/C21H24O7/c1-6-27-17-8-7-14(13(2)22)9-16(17)12-28-21(23)15-10-18(24-3)20(26-5)19(11-15)25-4/h7-11H,6,12H2,1-5H3. The number of carbonyl (C=O) groups is 2. The Kier molecular flexibility index (Phi) is 7.26. The maximum Gasteiger partial charge on any atom is 0.338 e. The van der Waals surface area contributed by atoms with Gasteiger partial charge in [0, 0.05) is 11.1 Å². The SMILES string of the molecule is CCOc1ccc(C(C)=O)cc1COC(=O)c1cc(OC)c(OC)c(OC)c1. The Balaban J connectivity index is 2.26. The molecule has 0 aliphatic carbocycles. The van der Waals surface area contributed by atoms with E-state index in [2.05, 4.69) is 0 Å². The van der Waals surface area contributed by atoms with Crippen LogP contribution in [0.3, 0.4) is 0 Å². The number of ether oxygens (including phenoxy) is 5. The van der Waals surface area contributed by atoms with Crippen molar-refractivity contribution in [1.29, 1.82) is 0 Å². The molecule has 0 unspecified atom stereocenters. The van der Waals surface area contributed by atoms with Crippen LogP contribution in [0.15, 0.2) is 30.3 Å². The van der Waals surface area contributed by atoms with Gasteiger partial charge in [0.2, 0.25) is 5.75 Å². The normalized spacial score (nSPS) is 10.2. The fourth-order valence-electron chi connectivity index (χ4n) is 2.63. The highest BCUT2D eigenvalue weighted by molar-refractivity contribution is 5.94. The van der Waals surface area contributed by atoms with Crippen LogP contribution in [0.4, 0.5) is 0 Å². The predicted octanol–water partition coefficient (Wildman–Crippen LogP) is 3.67. The Labute approximate surface area is 164 Å². The van der Waals surface area contributed by atoms with Crippen LogP contribution >= 0.6 is 0 Å². The predicted molar refractivity (Wildman–Crippen MR) is 103 cm³/mol. The Hall–Kier alpha value is -3.22. The lowest BCUT2D eigenvalue weighted by Crippen LogP contribution is -2.08. The van der Waals surface area contributed by atoms with Crippen molar-refractivity contribution in [2.75, 3.05) is 27.9 Å². The van der Waals surface area contributed by atoms with Crippen molar-refractivity contribution >= 4 is 11.8 Å². The first-order valence-electron chi connectivity index (χ1n) is 8.68. The topological polar surface area (TPSA) is 80.3 Å². The summed E-state index contributed by atoms with van der Waals surface area (Å²) in [6.07, 6.45) is 0. The van der Waals surface area contributed by atoms with Crippen molar-refractivity contribution in [3.8, 4) is 23.0 Å².